The van der Waals surface area contributed by atoms with Crippen LogP contribution in [0.2, 0.25) is 0 Å². The second kappa shape index (κ2) is 12.7. The quantitative estimate of drug-likeness (QED) is 0.386. The number of aromatic nitrogens is 1. The van der Waals surface area contributed by atoms with Crippen molar-refractivity contribution < 1.29 is 23.5 Å². The average Bonchev–Trinajstić information content (AvgIpc) is 3.21. The van der Waals surface area contributed by atoms with E-state index in [1.54, 1.807) is 18.2 Å². The van der Waals surface area contributed by atoms with Gasteiger partial charge in [0.05, 0.1) is 31.5 Å². The van der Waals surface area contributed by atoms with E-state index in [0.717, 1.165) is 18.5 Å². The highest BCUT2D eigenvalue weighted by molar-refractivity contribution is 5.68. The Labute approximate surface area is 195 Å². The normalized spacial score (nSPS) is 15.2. The molecule has 0 amide bonds. The van der Waals surface area contributed by atoms with Gasteiger partial charge in [-0.2, -0.15) is 0 Å². The van der Waals surface area contributed by atoms with E-state index in [9.17, 15) is 9.50 Å². The molecule has 180 valence electrons. The number of morpholine rings is 1. The predicted octanol–water partition coefficient (Wildman–Crippen LogP) is 3.18. The van der Waals surface area contributed by atoms with Crippen molar-refractivity contribution in [1.29, 1.82) is 0 Å². The SMILES string of the molecule is C#CCOCC(O)CN(CCC(C)C)Cc1c(-c2ccccc2F)noc1N1CCOCC1. The Hall–Kier alpha value is -2.44. The van der Waals surface area contributed by atoms with Gasteiger partial charge in [-0.1, -0.05) is 37.1 Å². The highest BCUT2D eigenvalue weighted by Gasteiger charge is 2.27. The van der Waals surface area contributed by atoms with Gasteiger partial charge in [0.15, 0.2) is 0 Å². The first-order valence-electron chi connectivity index (χ1n) is 11.5. The molecular formula is C25H34FN3O4. The van der Waals surface area contributed by atoms with Crippen LogP contribution >= 0.6 is 0 Å². The second-order valence-electron chi connectivity index (χ2n) is 8.68. The molecule has 7 nitrogen and oxygen atoms in total. The lowest BCUT2D eigenvalue weighted by Crippen LogP contribution is -2.38. The summed E-state index contributed by atoms with van der Waals surface area (Å²) in [4.78, 5) is 4.23. The van der Waals surface area contributed by atoms with Crippen LogP contribution in [-0.2, 0) is 16.0 Å². The number of nitrogens with zero attached hydrogens (tertiary/aromatic N) is 3. The minimum absolute atomic E-state index is 0.155. The van der Waals surface area contributed by atoms with E-state index in [1.165, 1.54) is 6.07 Å². The number of anilines is 1. The van der Waals surface area contributed by atoms with Crippen molar-refractivity contribution in [2.75, 3.05) is 57.5 Å². The van der Waals surface area contributed by atoms with E-state index in [1.807, 2.05) is 0 Å². The highest BCUT2D eigenvalue weighted by atomic mass is 19.1. The zero-order valence-electron chi connectivity index (χ0n) is 19.5. The molecule has 0 radical (unpaired) electrons. The van der Waals surface area contributed by atoms with Gasteiger partial charge in [0, 0.05) is 31.7 Å². The molecule has 1 fully saturated rings. The molecule has 2 aromatic rings. The molecule has 1 atom stereocenters. The largest absolute Gasteiger partial charge is 0.389 e. The first-order valence-corrected chi connectivity index (χ1v) is 11.5. The summed E-state index contributed by atoms with van der Waals surface area (Å²) in [5, 5.41) is 14.8. The Morgan fingerprint density at radius 2 is 2.06 bits per heavy atom. The summed E-state index contributed by atoms with van der Waals surface area (Å²) < 4.78 is 31.3. The minimum atomic E-state index is -0.700. The third-order valence-electron chi connectivity index (χ3n) is 5.56. The molecular weight excluding hydrogens is 425 g/mol. The fourth-order valence-corrected chi connectivity index (χ4v) is 3.83. The number of rotatable bonds is 12. The monoisotopic (exact) mass is 459 g/mol. The first-order chi connectivity index (χ1) is 16.0. The number of aliphatic hydroxyl groups excluding tert-OH is 1. The Morgan fingerprint density at radius 3 is 2.76 bits per heavy atom. The van der Waals surface area contributed by atoms with Crippen LogP contribution in [0.4, 0.5) is 10.3 Å². The number of halogens is 1. The molecule has 0 bridgehead atoms. The molecule has 1 unspecified atom stereocenters. The molecule has 1 aliphatic heterocycles. The summed E-state index contributed by atoms with van der Waals surface area (Å²) in [5.74, 6) is 3.18. The number of hydrogen-bond donors (Lipinski definition) is 1. The summed E-state index contributed by atoms with van der Waals surface area (Å²) >= 11 is 0. The zero-order valence-corrected chi connectivity index (χ0v) is 19.5. The summed E-state index contributed by atoms with van der Waals surface area (Å²) in [6.45, 7) is 8.78. The highest BCUT2D eigenvalue weighted by Crippen LogP contribution is 2.34. The van der Waals surface area contributed by atoms with Crippen molar-refractivity contribution >= 4 is 5.88 Å². The lowest BCUT2D eigenvalue weighted by Gasteiger charge is -2.29. The van der Waals surface area contributed by atoms with E-state index in [4.69, 9.17) is 20.4 Å². The van der Waals surface area contributed by atoms with Crippen LogP contribution in [0.3, 0.4) is 0 Å². The third kappa shape index (κ3) is 7.27. The molecule has 1 aromatic heterocycles. The molecule has 1 N–H and O–H groups in total. The van der Waals surface area contributed by atoms with Gasteiger partial charge in [0.1, 0.15) is 18.1 Å². The van der Waals surface area contributed by atoms with Crippen LogP contribution < -0.4 is 4.90 Å². The Kier molecular flexibility index (Phi) is 9.70. The van der Waals surface area contributed by atoms with Gasteiger partial charge >= 0.3 is 0 Å². The Balaban J connectivity index is 1.89. The van der Waals surface area contributed by atoms with Gasteiger partial charge in [0.2, 0.25) is 5.88 Å². The molecule has 1 aliphatic rings. The minimum Gasteiger partial charge on any atom is -0.389 e. The van der Waals surface area contributed by atoms with Crippen molar-refractivity contribution in [2.24, 2.45) is 5.92 Å². The summed E-state index contributed by atoms with van der Waals surface area (Å²) in [6, 6.07) is 6.57. The molecule has 8 heteroatoms. The molecule has 1 aromatic carbocycles. The van der Waals surface area contributed by atoms with E-state index >= 15 is 0 Å². The van der Waals surface area contributed by atoms with Crippen LogP contribution in [0.5, 0.6) is 0 Å². The molecule has 2 heterocycles. The van der Waals surface area contributed by atoms with E-state index in [0.29, 0.717) is 62.5 Å². The molecule has 0 saturated carbocycles. The Bertz CT molecular complexity index is 905. The van der Waals surface area contributed by atoms with E-state index in [2.05, 4.69) is 34.7 Å². The number of hydrogen-bond acceptors (Lipinski definition) is 7. The fourth-order valence-electron chi connectivity index (χ4n) is 3.83. The van der Waals surface area contributed by atoms with E-state index < -0.39 is 6.10 Å². The maximum atomic E-state index is 14.7. The van der Waals surface area contributed by atoms with E-state index in [-0.39, 0.29) is 19.0 Å². The fraction of sp³-hybridized carbons (Fsp3) is 0.560. The van der Waals surface area contributed by atoms with Crippen molar-refractivity contribution in [1.82, 2.24) is 10.1 Å². The summed E-state index contributed by atoms with van der Waals surface area (Å²) in [6.07, 6.45) is 5.48. The third-order valence-corrected chi connectivity index (χ3v) is 5.56. The van der Waals surface area contributed by atoms with Crippen LogP contribution in [0.15, 0.2) is 28.8 Å². The molecule has 3 rings (SSSR count). The second-order valence-corrected chi connectivity index (χ2v) is 8.68. The molecule has 1 saturated heterocycles. The van der Waals surface area contributed by atoms with Gasteiger partial charge in [0.25, 0.3) is 0 Å². The lowest BCUT2D eigenvalue weighted by molar-refractivity contribution is 0.0252. The molecule has 0 aliphatic carbocycles. The number of aliphatic hydroxyl groups is 1. The maximum absolute atomic E-state index is 14.7. The summed E-state index contributed by atoms with van der Waals surface area (Å²) in [7, 11) is 0. The van der Waals surface area contributed by atoms with Crippen molar-refractivity contribution in [3.05, 3.63) is 35.6 Å². The number of benzene rings is 1. The Morgan fingerprint density at radius 1 is 1.30 bits per heavy atom. The topological polar surface area (TPSA) is 71.2 Å². The number of ether oxygens (including phenoxy) is 2. The maximum Gasteiger partial charge on any atom is 0.232 e. The van der Waals surface area contributed by atoms with Gasteiger partial charge in [-0.05, 0) is 31.0 Å². The van der Waals surface area contributed by atoms with Crippen LogP contribution in [-0.4, -0.2) is 73.9 Å². The van der Waals surface area contributed by atoms with Crippen molar-refractivity contribution in [3.8, 4) is 23.6 Å². The number of terminal acetylenes is 1. The molecule has 33 heavy (non-hydrogen) atoms. The van der Waals surface area contributed by atoms with Gasteiger partial charge in [-0.3, -0.25) is 4.90 Å². The van der Waals surface area contributed by atoms with Gasteiger partial charge in [-0.15, -0.1) is 6.42 Å². The van der Waals surface area contributed by atoms with Crippen LogP contribution in [0.1, 0.15) is 25.8 Å². The predicted molar refractivity (Wildman–Crippen MR) is 125 cm³/mol. The summed E-state index contributed by atoms with van der Waals surface area (Å²) in [5.41, 5.74) is 1.70. The average molecular weight is 460 g/mol. The lowest BCUT2D eigenvalue weighted by atomic mass is 10.0. The smallest absolute Gasteiger partial charge is 0.232 e. The van der Waals surface area contributed by atoms with Gasteiger partial charge < -0.3 is 24.0 Å². The standard InChI is InChI=1S/C25H34FN3O4/c1-4-13-32-18-20(30)16-28(10-9-19(2)3)17-22-24(21-7-5-6-8-23(21)26)27-33-25(22)29-11-14-31-15-12-29/h1,5-8,19-20,30H,9-18H2,2-3H3. The zero-order chi connectivity index (χ0) is 23.6. The van der Waals surface area contributed by atoms with Crippen LogP contribution in [0.25, 0.3) is 11.3 Å². The van der Waals surface area contributed by atoms with Crippen molar-refractivity contribution in [3.63, 3.8) is 0 Å². The molecule has 0 spiro atoms. The van der Waals surface area contributed by atoms with Gasteiger partial charge in [-0.25, -0.2) is 4.39 Å². The van der Waals surface area contributed by atoms with Crippen LogP contribution in [0, 0.1) is 24.1 Å². The van der Waals surface area contributed by atoms with Crippen molar-refractivity contribution in [2.45, 2.75) is 32.9 Å². The first kappa shape index (κ1) is 25.2.